The molecule has 100 valence electrons. The molecular weight excluding hydrogens is 240 g/mol. The minimum absolute atomic E-state index is 0.0898. The molecule has 0 aliphatic heterocycles. The van der Waals surface area contributed by atoms with Gasteiger partial charge in [0.1, 0.15) is 6.10 Å². The summed E-state index contributed by atoms with van der Waals surface area (Å²) < 4.78 is 1.36. The molecule has 0 spiro atoms. The molecule has 1 aromatic carbocycles. The summed E-state index contributed by atoms with van der Waals surface area (Å²) in [5.41, 5.74) is 5.78. The molecule has 0 atom stereocenters. The first-order chi connectivity index (χ1) is 9.24. The van der Waals surface area contributed by atoms with Gasteiger partial charge in [-0.1, -0.05) is 18.2 Å². The molecule has 19 heavy (non-hydrogen) atoms. The standard InChI is InChI=1S/C15H18N2O2/c16-12-5-7-13(8-6-12)19-17-10-9-11-3-1-2-4-14(11)15(17)18/h1-4,9-10,12-13H,5-8,16H2. The van der Waals surface area contributed by atoms with Crippen LogP contribution in [-0.2, 0) is 0 Å². The van der Waals surface area contributed by atoms with Crippen LogP contribution in [0.25, 0.3) is 10.8 Å². The summed E-state index contributed by atoms with van der Waals surface area (Å²) in [5.74, 6) is 0. The second-order valence-electron chi connectivity index (χ2n) is 5.18. The lowest BCUT2D eigenvalue weighted by molar-refractivity contribution is 0.00726. The van der Waals surface area contributed by atoms with E-state index in [0.717, 1.165) is 31.1 Å². The fourth-order valence-corrected chi connectivity index (χ4v) is 2.61. The van der Waals surface area contributed by atoms with Crippen LogP contribution < -0.4 is 16.1 Å². The van der Waals surface area contributed by atoms with Crippen molar-refractivity contribution in [3.8, 4) is 0 Å². The molecular formula is C15H18N2O2. The largest absolute Gasteiger partial charge is 0.408 e. The summed E-state index contributed by atoms with van der Waals surface area (Å²) in [5, 5.41) is 1.63. The summed E-state index contributed by atoms with van der Waals surface area (Å²) >= 11 is 0. The Morgan fingerprint density at radius 1 is 1.11 bits per heavy atom. The Hall–Kier alpha value is -1.81. The number of benzene rings is 1. The second kappa shape index (κ2) is 5.05. The van der Waals surface area contributed by atoms with Crippen molar-refractivity contribution in [2.45, 2.75) is 37.8 Å². The Bertz CT molecular complexity index is 627. The summed E-state index contributed by atoms with van der Waals surface area (Å²) in [6.07, 6.45) is 5.57. The van der Waals surface area contributed by atoms with Crippen LogP contribution in [0.4, 0.5) is 0 Å². The second-order valence-corrected chi connectivity index (χ2v) is 5.18. The van der Waals surface area contributed by atoms with Crippen molar-refractivity contribution in [2.24, 2.45) is 5.73 Å². The van der Waals surface area contributed by atoms with Gasteiger partial charge < -0.3 is 10.6 Å². The van der Waals surface area contributed by atoms with Crippen molar-refractivity contribution >= 4 is 10.8 Å². The highest BCUT2D eigenvalue weighted by Gasteiger charge is 2.20. The maximum Gasteiger partial charge on any atom is 0.290 e. The Labute approximate surface area is 111 Å². The van der Waals surface area contributed by atoms with Crippen molar-refractivity contribution in [3.63, 3.8) is 0 Å². The van der Waals surface area contributed by atoms with Gasteiger partial charge in [-0.25, -0.2) is 0 Å². The molecule has 2 aromatic rings. The van der Waals surface area contributed by atoms with Gasteiger partial charge in [-0.2, -0.15) is 4.73 Å². The molecule has 1 aromatic heterocycles. The number of hydrogen-bond donors (Lipinski definition) is 1. The van der Waals surface area contributed by atoms with E-state index >= 15 is 0 Å². The van der Waals surface area contributed by atoms with Gasteiger partial charge in [0.05, 0.1) is 5.39 Å². The normalized spacial score (nSPS) is 23.4. The fourth-order valence-electron chi connectivity index (χ4n) is 2.61. The molecule has 1 aliphatic rings. The van der Waals surface area contributed by atoms with Gasteiger partial charge in [0.2, 0.25) is 0 Å². The predicted octanol–water partition coefficient (Wildman–Crippen LogP) is 1.70. The smallest absolute Gasteiger partial charge is 0.290 e. The van der Waals surface area contributed by atoms with E-state index in [4.69, 9.17) is 10.6 Å². The molecule has 1 fully saturated rings. The van der Waals surface area contributed by atoms with E-state index in [0.29, 0.717) is 5.39 Å². The third-order valence-corrected chi connectivity index (χ3v) is 3.76. The highest BCUT2D eigenvalue weighted by molar-refractivity contribution is 5.81. The zero-order valence-corrected chi connectivity index (χ0v) is 10.8. The Kier molecular flexibility index (Phi) is 3.25. The van der Waals surface area contributed by atoms with Gasteiger partial charge in [-0.05, 0) is 43.2 Å². The van der Waals surface area contributed by atoms with E-state index in [1.54, 1.807) is 6.20 Å². The maximum absolute atomic E-state index is 12.3. The molecule has 4 heteroatoms. The van der Waals surface area contributed by atoms with Crippen molar-refractivity contribution in [1.82, 2.24) is 4.73 Å². The van der Waals surface area contributed by atoms with Crippen molar-refractivity contribution in [3.05, 3.63) is 46.9 Å². The molecule has 0 unspecified atom stereocenters. The lowest BCUT2D eigenvalue weighted by atomic mass is 9.94. The quantitative estimate of drug-likeness (QED) is 0.892. The third-order valence-electron chi connectivity index (χ3n) is 3.76. The van der Waals surface area contributed by atoms with Crippen LogP contribution in [0, 0.1) is 0 Å². The highest BCUT2D eigenvalue weighted by Crippen LogP contribution is 2.18. The molecule has 4 nitrogen and oxygen atoms in total. The molecule has 2 N–H and O–H groups in total. The molecule has 1 saturated carbocycles. The first-order valence-corrected chi connectivity index (χ1v) is 6.77. The van der Waals surface area contributed by atoms with E-state index < -0.39 is 0 Å². The molecule has 3 rings (SSSR count). The molecule has 1 heterocycles. The van der Waals surface area contributed by atoms with Crippen LogP contribution in [0.1, 0.15) is 25.7 Å². The van der Waals surface area contributed by atoms with Gasteiger partial charge in [-0.15, -0.1) is 0 Å². The third kappa shape index (κ3) is 2.49. The van der Waals surface area contributed by atoms with Gasteiger partial charge in [0, 0.05) is 12.2 Å². The number of aromatic nitrogens is 1. The number of nitrogens with two attached hydrogens (primary N) is 1. The predicted molar refractivity (Wildman–Crippen MR) is 75.0 cm³/mol. The zero-order chi connectivity index (χ0) is 13.2. The van der Waals surface area contributed by atoms with Crippen LogP contribution in [-0.4, -0.2) is 16.9 Å². The van der Waals surface area contributed by atoms with E-state index in [-0.39, 0.29) is 17.7 Å². The Balaban J connectivity index is 1.85. The van der Waals surface area contributed by atoms with E-state index in [9.17, 15) is 4.79 Å². The lowest BCUT2D eigenvalue weighted by Crippen LogP contribution is -2.38. The number of nitrogens with zero attached hydrogens (tertiary/aromatic N) is 1. The maximum atomic E-state index is 12.3. The number of fused-ring (bicyclic) bond motifs is 1. The molecule has 0 bridgehead atoms. The number of pyridine rings is 1. The summed E-state index contributed by atoms with van der Waals surface area (Å²) in [6, 6.07) is 9.75. The van der Waals surface area contributed by atoms with E-state index in [1.165, 1.54) is 4.73 Å². The van der Waals surface area contributed by atoms with Crippen LogP contribution >= 0.6 is 0 Å². The highest BCUT2D eigenvalue weighted by atomic mass is 16.7. The average Bonchev–Trinajstić information content (AvgIpc) is 2.45. The van der Waals surface area contributed by atoms with Gasteiger partial charge in [-0.3, -0.25) is 4.79 Å². The molecule has 0 radical (unpaired) electrons. The van der Waals surface area contributed by atoms with Crippen LogP contribution in [0.15, 0.2) is 41.3 Å². The minimum Gasteiger partial charge on any atom is -0.408 e. The van der Waals surface area contributed by atoms with Gasteiger partial charge >= 0.3 is 0 Å². The van der Waals surface area contributed by atoms with Crippen LogP contribution in [0.3, 0.4) is 0 Å². The lowest BCUT2D eigenvalue weighted by Gasteiger charge is -2.26. The summed E-state index contributed by atoms with van der Waals surface area (Å²) in [6.45, 7) is 0. The number of rotatable bonds is 2. The molecule has 0 amide bonds. The SMILES string of the molecule is NC1CCC(On2ccc3ccccc3c2=O)CC1. The minimum atomic E-state index is -0.0898. The summed E-state index contributed by atoms with van der Waals surface area (Å²) in [7, 11) is 0. The van der Waals surface area contributed by atoms with E-state index in [1.807, 2.05) is 30.3 Å². The Morgan fingerprint density at radius 3 is 2.63 bits per heavy atom. The zero-order valence-electron chi connectivity index (χ0n) is 10.8. The number of hydrogen-bond acceptors (Lipinski definition) is 3. The van der Waals surface area contributed by atoms with Gasteiger partial charge in [0.25, 0.3) is 5.56 Å². The van der Waals surface area contributed by atoms with Crippen molar-refractivity contribution in [2.75, 3.05) is 0 Å². The molecule has 1 aliphatic carbocycles. The van der Waals surface area contributed by atoms with Crippen LogP contribution in [0.2, 0.25) is 0 Å². The Morgan fingerprint density at radius 2 is 1.84 bits per heavy atom. The van der Waals surface area contributed by atoms with E-state index in [2.05, 4.69) is 0 Å². The fraction of sp³-hybridized carbons (Fsp3) is 0.400. The van der Waals surface area contributed by atoms with Gasteiger partial charge in [0.15, 0.2) is 0 Å². The van der Waals surface area contributed by atoms with Crippen LogP contribution in [0.5, 0.6) is 0 Å². The average molecular weight is 258 g/mol. The van der Waals surface area contributed by atoms with Crippen molar-refractivity contribution < 1.29 is 4.84 Å². The first-order valence-electron chi connectivity index (χ1n) is 6.77. The first kappa shape index (κ1) is 12.2. The monoisotopic (exact) mass is 258 g/mol. The topological polar surface area (TPSA) is 57.2 Å². The van der Waals surface area contributed by atoms with Crippen molar-refractivity contribution in [1.29, 1.82) is 0 Å². The molecule has 0 saturated heterocycles. The summed E-state index contributed by atoms with van der Waals surface area (Å²) in [4.78, 5) is 18.1.